The van der Waals surface area contributed by atoms with Crippen LogP contribution in [-0.4, -0.2) is 11.5 Å². The standard InChI is InChI=1S/C23H32S2/c1-20(16-18-24-22-12-5-3-6-13-22)10-9-11-21(2)17-19-25-23-14-7-4-8-15-23/h3-8,12-15,20-21H,9-11,16-19H2,1-2H3. The first-order valence-electron chi connectivity index (χ1n) is 9.59. The monoisotopic (exact) mass is 372 g/mol. The fraction of sp³-hybridized carbons (Fsp3) is 0.478. The molecule has 2 unspecified atom stereocenters. The van der Waals surface area contributed by atoms with Crippen LogP contribution in [0, 0.1) is 11.8 Å². The molecular weight excluding hydrogens is 340 g/mol. The van der Waals surface area contributed by atoms with Crippen LogP contribution >= 0.6 is 23.5 Å². The number of thioether (sulfide) groups is 2. The molecule has 0 bridgehead atoms. The molecule has 0 nitrogen and oxygen atoms in total. The molecule has 0 saturated heterocycles. The molecule has 0 aliphatic carbocycles. The molecule has 0 aromatic heterocycles. The number of benzene rings is 2. The van der Waals surface area contributed by atoms with Gasteiger partial charge < -0.3 is 0 Å². The Labute approximate surface area is 163 Å². The second-order valence-electron chi connectivity index (χ2n) is 7.04. The molecule has 0 spiro atoms. The first-order chi connectivity index (χ1) is 12.2. The maximum absolute atomic E-state index is 2.42. The zero-order valence-electron chi connectivity index (χ0n) is 15.7. The van der Waals surface area contributed by atoms with Gasteiger partial charge in [-0.2, -0.15) is 0 Å². The summed E-state index contributed by atoms with van der Waals surface area (Å²) in [5.41, 5.74) is 0. The van der Waals surface area contributed by atoms with Gasteiger partial charge in [0, 0.05) is 9.79 Å². The normalized spacial score (nSPS) is 13.5. The summed E-state index contributed by atoms with van der Waals surface area (Å²) in [5, 5.41) is 0. The van der Waals surface area contributed by atoms with Gasteiger partial charge in [-0.25, -0.2) is 0 Å². The number of hydrogen-bond donors (Lipinski definition) is 0. The Hall–Kier alpha value is -0.860. The summed E-state index contributed by atoms with van der Waals surface area (Å²) in [6.45, 7) is 4.84. The minimum absolute atomic E-state index is 0.849. The lowest BCUT2D eigenvalue weighted by Gasteiger charge is -2.14. The maximum atomic E-state index is 2.42. The van der Waals surface area contributed by atoms with E-state index < -0.39 is 0 Å². The Bertz CT molecular complexity index is 501. The van der Waals surface area contributed by atoms with Crippen molar-refractivity contribution >= 4 is 23.5 Å². The highest BCUT2D eigenvalue weighted by atomic mass is 32.2. The smallest absolute Gasteiger partial charge is 0.00719 e. The van der Waals surface area contributed by atoms with Crippen LogP contribution in [0.5, 0.6) is 0 Å². The minimum Gasteiger partial charge on any atom is -0.126 e. The first-order valence-corrected chi connectivity index (χ1v) is 11.6. The van der Waals surface area contributed by atoms with Gasteiger partial charge in [0.2, 0.25) is 0 Å². The second-order valence-corrected chi connectivity index (χ2v) is 9.38. The van der Waals surface area contributed by atoms with Crippen LogP contribution in [0.4, 0.5) is 0 Å². The summed E-state index contributed by atoms with van der Waals surface area (Å²) in [6.07, 6.45) is 6.81. The van der Waals surface area contributed by atoms with Crippen LogP contribution in [0.25, 0.3) is 0 Å². The molecule has 0 heterocycles. The van der Waals surface area contributed by atoms with Crippen molar-refractivity contribution in [2.45, 2.75) is 55.7 Å². The molecule has 2 aromatic carbocycles. The molecule has 2 aromatic rings. The van der Waals surface area contributed by atoms with Crippen LogP contribution in [0.15, 0.2) is 70.5 Å². The van der Waals surface area contributed by atoms with E-state index in [-0.39, 0.29) is 0 Å². The van der Waals surface area contributed by atoms with Crippen molar-refractivity contribution in [2.75, 3.05) is 11.5 Å². The van der Waals surface area contributed by atoms with Crippen LogP contribution < -0.4 is 0 Å². The first kappa shape index (κ1) is 20.5. The molecule has 0 fully saturated rings. The predicted octanol–water partition coefficient (Wildman–Crippen LogP) is 7.79. The Kier molecular flexibility index (Phi) is 10.2. The van der Waals surface area contributed by atoms with Crippen LogP contribution in [0.3, 0.4) is 0 Å². The Balaban J connectivity index is 1.48. The molecule has 0 N–H and O–H groups in total. The summed E-state index contributed by atoms with van der Waals surface area (Å²) >= 11 is 3.99. The molecule has 0 amide bonds. The van der Waals surface area contributed by atoms with Gasteiger partial charge in [-0.05, 0) is 60.4 Å². The van der Waals surface area contributed by atoms with Crippen molar-refractivity contribution in [2.24, 2.45) is 11.8 Å². The highest BCUT2D eigenvalue weighted by Gasteiger charge is 2.06. The highest BCUT2D eigenvalue weighted by molar-refractivity contribution is 7.99. The minimum atomic E-state index is 0.849. The zero-order chi connectivity index (χ0) is 17.7. The van der Waals surface area contributed by atoms with Gasteiger partial charge in [-0.15, -0.1) is 23.5 Å². The van der Waals surface area contributed by atoms with Gasteiger partial charge in [-0.1, -0.05) is 69.5 Å². The number of hydrogen-bond acceptors (Lipinski definition) is 2. The molecule has 0 aliphatic heterocycles. The predicted molar refractivity (Wildman–Crippen MR) is 116 cm³/mol. The van der Waals surface area contributed by atoms with E-state index in [1.54, 1.807) is 0 Å². The maximum Gasteiger partial charge on any atom is 0.00719 e. The van der Waals surface area contributed by atoms with Crippen LogP contribution in [-0.2, 0) is 0 Å². The summed E-state index contributed by atoms with van der Waals surface area (Å²) in [4.78, 5) is 2.80. The lowest BCUT2D eigenvalue weighted by molar-refractivity contribution is 0.430. The van der Waals surface area contributed by atoms with Gasteiger partial charge in [0.15, 0.2) is 0 Å². The molecule has 25 heavy (non-hydrogen) atoms. The molecule has 2 heteroatoms. The second kappa shape index (κ2) is 12.5. The molecule has 2 atom stereocenters. The van der Waals surface area contributed by atoms with Crippen LogP contribution in [0.2, 0.25) is 0 Å². The fourth-order valence-electron chi connectivity index (χ4n) is 2.89. The average molecular weight is 373 g/mol. The largest absolute Gasteiger partial charge is 0.126 e. The quantitative estimate of drug-likeness (QED) is 0.349. The third kappa shape index (κ3) is 9.42. The fourth-order valence-corrected chi connectivity index (χ4v) is 5.10. The van der Waals surface area contributed by atoms with E-state index in [0.717, 1.165) is 11.8 Å². The SMILES string of the molecule is CC(CCCC(C)CCSc1ccccc1)CCSc1ccccc1. The van der Waals surface area contributed by atoms with Crippen molar-refractivity contribution in [3.63, 3.8) is 0 Å². The van der Waals surface area contributed by atoms with Gasteiger partial charge >= 0.3 is 0 Å². The van der Waals surface area contributed by atoms with E-state index in [1.165, 1.54) is 53.4 Å². The van der Waals surface area contributed by atoms with Crippen molar-refractivity contribution in [3.05, 3.63) is 60.7 Å². The lowest BCUT2D eigenvalue weighted by Crippen LogP contribution is -2.01. The van der Waals surface area contributed by atoms with Crippen molar-refractivity contribution in [1.29, 1.82) is 0 Å². The third-order valence-electron chi connectivity index (χ3n) is 4.64. The van der Waals surface area contributed by atoms with E-state index in [9.17, 15) is 0 Å². The third-order valence-corrected chi connectivity index (χ3v) is 6.73. The van der Waals surface area contributed by atoms with Gasteiger partial charge in [0.05, 0.1) is 0 Å². The van der Waals surface area contributed by atoms with Crippen molar-refractivity contribution in [1.82, 2.24) is 0 Å². The zero-order valence-corrected chi connectivity index (χ0v) is 17.3. The summed E-state index contributed by atoms with van der Waals surface area (Å²) in [5.74, 6) is 4.19. The van der Waals surface area contributed by atoms with Gasteiger partial charge in [-0.3, -0.25) is 0 Å². The van der Waals surface area contributed by atoms with Crippen molar-refractivity contribution in [3.8, 4) is 0 Å². The summed E-state index contributed by atoms with van der Waals surface area (Å²) < 4.78 is 0. The molecule has 2 rings (SSSR count). The number of rotatable bonds is 12. The van der Waals surface area contributed by atoms with E-state index in [0.29, 0.717) is 0 Å². The van der Waals surface area contributed by atoms with E-state index in [2.05, 4.69) is 74.5 Å². The van der Waals surface area contributed by atoms with Crippen molar-refractivity contribution < 1.29 is 0 Å². The Morgan fingerprint density at radius 1 is 0.600 bits per heavy atom. The topological polar surface area (TPSA) is 0 Å². The molecule has 0 aliphatic rings. The Morgan fingerprint density at radius 2 is 1.00 bits per heavy atom. The summed E-state index contributed by atoms with van der Waals surface area (Å²) in [6, 6.07) is 21.5. The molecular formula is C23H32S2. The molecule has 136 valence electrons. The van der Waals surface area contributed by atoms with Gasteiger partial charge in [0.1, 0.15) is 0 Å². The highest BCUT2D eigenvalue weighted by Crippen LogP contribution is 2.24. The van der Waals surface area contributed by atoms with E-state index in [1.807, 2.05) is 23.5 Å². The summed E-state index contributed by atoms with van der Waals surface area (Å²) in [7, 11) is 0. The average Bonchev–Trinajstić information content (AvgIpc) is 2.63. The van der Waals surface area contributed by atoms with E-state index >= 15 is 0 Å². The van der Waals surface area contributed by atoms with Crippen LogP contribution in [0.1, 0.15) is 46.0 Å². The van der Waals surface area contributed by atoms with Gasteiger partial charge in [0.25, 0.3) is 0 Å². The lowest BCUT2D eigenvalue weighted by atomic mass is 9.96. The molecule has 0 saturated carbocycles. The van der Waals surface area contributed by atoms with E-state index in [4.69, 9.17) is 0 Å². The Morgan fingerprint density at radius 3 is 1.40 bits per heavy atom. The molecule has 0 radical (unpaired) electrons.